The van der Waals surface area contributed by atoms with Crippen molar-refractivity contribution < 1.29 is 8.78 Å². The summed E-state index contributed by atoms with van der Waals surface area (Å²) in [5, 5.41) is 1.07. The molecule has 1 rings (SSSR count). The Labute approximate surface area is 86.2 Å². The van der Waals surface area contributed by atoms with Crippen LogP contribution >= 0.6 is 31.9 Å². The van der Waals surface area contributed by atoms with Crippen molar-refractivity contribution >= 4 is 31.9 Å². The molecular weight excluding hydrogens is 294 g/mol. The number of halogens is 4. The highest BCUT2D eigenvalue weighted by molar-refractivity contribution is 9.09. The summed E-state index contributed by atoms with van der Waals surface area (Å²) in [5.74, 6) is -1.59. The van der Waals surface area contributed by atoms with E-state index in [4.69, 9.17) is 0 Å². The fourth-order valence-corrected chi connectivity index (χ4v) is 1.92. The topological polar surface area (TPSA) is 0 Å². The number of alkyl halides is 2. The normalized spacial score (nSPS) is 10.3. The highest BCUT2D eigenvalue weighted by Gasteiger charge is 2.07. The van der Waals surface area contributed by atoms with Gasteiger partial charge in [-0.2, -0.15) is 0 Å². The van der Waals surface area contributed by atoms with E-state index in [0.29, 0.717) is 10.7 Å². The van der Waals surface area contributed by atoms with Crippen molar-refractivity contribution in [1.82, 2.24) is 0 Å². The van der Waals surface area contributed by atoms with Crippen molar-refractivity contribution in [3.8, 4) is 0 Å². The summed E-state index contributed by atoms with van der Waals surface area (Å²) in [7, 11) is 0. The molecule has 0 unspecified atom stereocenters. The minimum absolute atomic E-state index is 0.533. The Morgan fingerprint density at radius 3 is 1.50 bits per heavy atom. The van der Waals surface area contributed by atoms with E-state index in [1.54, 1.807) is 0 Å². The molecular formula is C8H6Br2F2. The Hall–Kier alpha value is 0.0400. The molecule has 1 aromatic rings. The second-order valence-corrected chi connectivity index (χ2v) is 3.42. The molecule has 0 N–H and O–H groups in total. The Morgan fingerprint density at radius 1 is 0.917 bits per heavy atom. The first-order valence-corrected chi connectivity index (χ1v) is 5.52. The molecule has 0 bridgehead atoms. The van der Waals surface area contributed by atoms with Gasteiger partial charge in [-0.25, -0.2) is 8.78 Å². The number of benzene rings is 1. The third-order valence-electron chi connectivity index (χ3n) is 1.53. The van der Waals surface area contributed by atoms with Gasteiger partial charge in [0.1, 0.15) is 0 Å². The number of rotatable bonds is 2. The third kappa shape index (κ3) is 2.04. The summed E-state index contributed by atoms with van der Waals surface area (Å²) in [5.41, 5.74) is 1.54. The largest absolute Gasteiger partial charge is 0.204 e. The minimum Gasteiger partial charge on any atom is -0.204 e. The number of hydrogen-bond donors (Lipinski definition) is 0. The molecule has 66 valence electrons. The van der Waals surface area contributed by atoms with Crippen LogP contribution in [0.4, 0.5) is 8.78 Å². The van der Waals surface area contributed by atoms with Crippen LogP contribution in [0.25, 0.3) is 0 Å². The van der Waals surface area contributed by atoms with Gasteiger partial charge in [0.2, 0.25) is 0 Å². The van der Waals surface area contributed by atoms with Gasteiger partial charge in [0.25, 0.3) is 0 Å². The Kier molecular flexibility index (Phi) is 3.65. The Balaban J connectivity index is 3.19. The fraction of sp³-hybridized carbons (Fsp3) is 0.250. The zero-order valence-corrected chi connectivity index (χ0v) is 9.25. The van der Waals surface area contributed by atoms with Gasteiger partial charge >= 0.3 is 0 Å². The molecule has 0 spiro atoms. The predicted octanol–water partition coefficient (Wildman–Crippen LogP) is 3.75. The van der Waals surface area contributed by atoms with Crippen molar-refractivity contribution in [3.63, 3.8) is 0 Å². The standard InChI is InChI=1S/C8H6Br2F2/c9-3-5-1-7(11)8(12)2-6(5)4-10/h1-2H,3-4H2. The number of hydrogen-bond acceptors (Lipinski definition) is 0. The van der Waals surface area contributed by atoms with Crippen molar-refractivity contribution in [2.75, 3.05) is 0 Å². The zero-order chi connectivity index (χ0) is 9.14. The summed E-state index contributed by atoms with van der Waals surface area (Å²) in [4.78, 5) is 0. The summed E-state index contributed by atoms with van der Waals surface area (Å²) < 4.78 is 25.3. The molecule has 0 aliphatic heterocycles. The third-order valence-corrected chi connectivity index (χ3v) is 2.74. The lowest BCUT2D eigenvalue weighted by atomic mass is 10.1. The lowest BCUT2D eigenvalue weighted by molar-refractivity contribution is 0.506. The average molecular weight is 300 g/mol. The summed E-state index contributed by atoms with van der Waals surface area (Å²) in [6, 6.07) is 2.42. The maximum absolute atomic E-state index is 12.7. The molecule has 0 aliphatic rings. The summed E-state index contributed by atoms with van der Waals surface area (Å²) in [6.07, 6.45) is 0. The van der Waals surface area contributed by atoms with Crippen LogP contribution in [-0.2, 0) is 10.7 Å². The maximum atomic E-state index is 12.7. The fourth-order valence-electron chi connectivity index (χ4n) is 0.878. The highest BCUT2D eigenvalue weighted by atomic mass is 79.9. The lowest BCUT2D eigenvalue weighted by Crippen LogP contribution is -1.93. The molecule has 0 fully saturated rings. The second kappa shape index (κ2) is 4.33. The average Bonchev–Trinajstić information content (AvgIpc) is 2.09. The van der Waals surface area contributed by atoms with Gasteiger partial charge in [-0.15, -0.1) is 0 Å². The van der Waals surface area contributed by atoms with Crippen LogP contribution in [0.3, 0.4) is 0 Å². The van der Waals surface area contributed by atoms with Gasteiger partial charge in [-0.3, -0.25) is 0 Å². The first kappa shape index (κ1) is 10.1. The molecule has 0 aromatic heterocycles. The molecule has 0 nitrogen and oxygen atoms in total. The predicted molar refractivity (Wildman–Crippen MR) is 51.6 cm³/mol. The molecule has 1 aromatic carbocycles. The van der Waals surface area contributed by atoms with Crippen LogP contribution in [-0.4, -0.2) is 0 Å². The van der Waals surface area contributed by atoms with Gasteiger partial charge in [-0.1, -0.05) is 31.9 Å². The SMILES string of the molecule is Fc1cc(CBr)c(CBr)cc1F. The van der Waals surface area contributed by atoms with Crippen molar-refractivity contribution in [3.05, 3.63) is 34.9 Å². The lowest BCUT2D eigenvalue weighted by Gasteiger charge is -2.04. The van der Waals surface area contributed by atoms with E-state index in [0.717, 1.165) is 11.1 Å². The monoisotopic (exact) mass is 298 g/mol. The first-order chi connectivity index (χ1) is 5.69. The molecule has 0 aliphatic carbocycles. The van der Waals surface area contributed by atoms with Gasteiger partial charge in [0, 0.05) is 10.7 Å². The van der Waals surface area contributed by atoms with Gasteiger partial charge < -0.3 is 0 Å². The van der Waals surface area contributed by atoms with Crippen molar-refractivity contribution in [2.45, 2.75) is 10.7 Å². The van der Waals surface area contributed by atoms with Crippen LogP contribution in [0.1, 0.15) is 11.1 Å². The van der Waals surface area contributed by atoms with Gasteiger partial charge in [0.15, 0.2) is 11.6 Å². The van der Waals surface area contributed by atoms with Crippen LogP contribution in [0.15, 0.2) is 12.1 Å². The van der Waals surface area contributed by atoms with E-state index in [1.165, 1.54) is 12.1 Å². The Bertz CT molecular complexity index is 258. The molecule has 0 saturated heterocycles. The molecule has 12 heavy (non-hydrogen) atoms. The first-order valence-electron chi connectivity index (χ1n) is 3.27. The van der Waals surface area contributed by atoms with E-state index in [9.17, 15) is 8.78 Å². The smallest absolute Gasteiger partial charge is 0.159 e. The van der Waals surface area contributed by atoms with E-state index in [1.807, 2.05) is 0 Å². The molecule has 0 atom stereocenters. The summed E-state index contributed by atoms with van der Waals surface area (Å²) >= 11 is 6.40. The van der Waals surface area contributed by atoms with Gasteiger partial charge in [0.05, 0.1) is 0 Å². The maximum Gasteiger partial charge on any atom is 0.159 e. The van der Waals surface area contributed by atoms with Crippen LogP contribution in [0.2, 0.25) is 0 Å². The van der Waals surface area contributed by atoms with E-state index >= 15 is 0 Å². The Morgan fingerprint density at radius 2 is 1.25 bits per heavy atom. The molecule has 4 heteroatoms. The van der Waals surface area contributed by atoms with Crippen molar-refractivity contribution in [1.29, 1.82) is 0 Å². The molecule has 0 amide bonds. The van der Waals surface area contributed by atoms with E-state index in [-0.39, 0.29) is 0 Å². The highest BCUT2D eigenvalue weighted by Crippen LogP contribution is 2.19. The molecule has 0 heterocycles. The van der Waals surface area contributed by atoms with Crippen molar-refractivity contribution in [2.24, 2.45) is 0 Å². The molecule has 0 radical (unpaired) electrons. The molecule has 0 saturated carbocycles. The second-order valence-electron chi connectivity index (χ2n) is 2.30. The van der Waals surface area contributed by atoms with E-state index < -0.39 is 11.6 Å². The quantitative estimate of drug-likeness (QED) is 0.730. The summed E-state index contributed by atoms with van der Waals surface area (Å²) in [6.45, 7) is 0. The van der Waals surface area contributed by atoms with Crippen LogP contribution in [0.5, 0.6) is 0 Å². The zero-order valence-electron chi connectivity index (χ0n) is 6.08. The van der Waals surface area contributed by atoms with Crippen LogP contribution in [0, 0.1) is 11.6 Å². The van der Waals surface area contributed by atoms with Crippen LogP contribution < -0.4 is 0 Å². The van der Waals surface area contributed by atoms with Gasteiger partial charge in [-0.05, 0) is 23.3 Å². The van der Waals surface area contributed by atoms with E-state index in [2.05, 4.69) is 31.9 Å². The minimum atomic E-state index is -0.797.